The molecule has 1 aromatic carbocycles. The molecular weight excluding hydrogens is 269 g/mol. The molecule has 1 rings (SSSR count). The highest BCUT2D eigenvalue weighted by Gasteiger charge is 2.08. The van der Waals surface area contributed by atoms with Crippen molar-refractivity contribution in [3.63, 3.8) is 0 Å². The summed E-state index contributed by atoms with van der Waals surface area (Å²) in [4.78, 5) is 0. The number of phenols is 1. The monoisotopic (exact) mass is 281 g/mol. The van der Waals surface area contributed by atoms with E-state index < -0.39 is 0 Å². The van der Waals surface area contributed by atoms with Gasteiger partial charge < -0.3 is 15.2 Å². The molecule has 14 heavy (non-hydrogen) atoms. The van der Waals surface area contributed by atoms with Gasteiger partial charge in [-0.15, -0.1) is 12.4 Å². The van der Waals surface area contributed by atoms with Gasteiger partial charge in [0.25, 0.3) is 0 Å². The number of halogens is 2. The lowest BCUT2D eigenvalue weighted by atomic mass is 10.2. The van der Waals surface area contributed by atoms with E-state index in [0.29, 0.717) is 12.3 Å². The number of benzene rings is 1. The van der Waals surface area contributed by atoms with E-state index in [9.17, 15) is 5.11 Å². The van der Waals surface area contributed by atoms with Crippen molar-refractivity contribution in [1.82, 2.24) is 5.32 Å². The van der Waals surface area contributed by atoms with Crippen LogP contribution in [0, 0.1) is 0 Å². The number of hydrogen-bond donors (Lipinski definition) is 2. The van der Waals surface area contributed by atoms with E-state index in [1.807, 2.05) is 13.1 Å². The first-order valence-corrected chi connectivity index (χ1v) is 4.68. The summed E-state index contributed by atoms with van der Waals surface area (Å²) in [6.45, 7) is 0.613. The maximum atomic E-state index is 9.66. The van der Waals surface area contributed by atoms with Gasteiger partial charge >= 0.3 is 0 Å². The summed E-state index contributed by atoms with van der Waals surface area (Å²) in [6, 6.07) is 3.59. The predicted octanol–water partition coefficient (Wildman–Crippen LogP) is 2.30. The second-order valence-corrected chi connectivity index (χ2v) is 3.56. The Balaban J connectivity index is 0.00000169. The second kappa shape index (κ2) is 6.11. The topological polar surface area (TPSA) is 41.5 Å². The molecule has 0 aliphatic heterocycles. The van der Waals surface area contributed by atoms with Crippen LogP contribution in [0.15, 0.2) is 16.6 Å². The number of rotatable bonds is 3. The van der Waals surface area contributed by atoms with Crippen molar-refractivity contribution in [3.8, 4) is 11.5 Å². The molecule has 80 valence electrons. The third-order valence-electron chi connectivity index (χ3n) is 1.71. The Morgan fingerprint density at radius 2 is 2.14 bits per heavy atom. The fourth-order valence-electron chi connectivity index (χ4n) is 1.11. The van der Waals surface area contributed by atoms with Crippen LogP contribution in [0.25, 0.3) is 0 Å². The average Bonchev–Trinajstić information content (AvgIpc) is 2.11. The molecule has 0 radical (unpaired) electrons. The molecule has 5 heteroatoms. The quantitative estimate of drug-likeness (QED) is 0.894. The lowest BCUT2D eigenvalue weighted by Gasteiger charge is -2.09. The molecule has 0 bridgehead atoms. The van der Waals surface area contributed by atoms with E-state index in [4.69, 9.17) is 4.74 Å². The maximum Gasteiger partial charge on any atom is 0.162 e. The molecule has 0 unspecified atom stereocenters. The smallest absolute Gasteiger partial charge is 0.162 e. The molecule has 0 saturated carbocycles. The molecule has 0 amide bonds. The third-order valence-corrected chi connectivity index (χ3v) is 2.16. The molecule has 0 spiro atoms. The van der Waals surface area contributed by atoms with Gasteiger partial charge in [-0.3, -0.25) is 0 Å². The van der Waals surface area contributed by atoms with Crippen molar-refractivity contribution in [3.05, 3.63) is 22.2 Å². The Hall–Kier alpha value is -0.450. The summed E-state index contributed by atoms with van der Waals surface area (Å²) >= 11 is 3.34. The third kappa shape index (κ3) is 3.04. The van der Waals surface area contributed by atoms with Gasteiger partial charge in [-0.05, 0) is 19.2 Å². The SMILES string of the molecule is CNCc1cc(Br)cc(OC)c1O.Cl. The van der Waals surface area contributed by atoms with E-state index in [1.54, 1.807) is 6.07 Å². The number of phenolic OH excluding ortho intramolecular Hbond substituents is 1. The minimum Gasteiger partial charge on any atom is -0.504 e. The van der Waals surface area contributed by atoms with Crippen LogP contribution in [-0.4, -0.2) is 19.3 Å². The lowest BCUT2D eigenvalue weighted by molar-refractivity contribution is 0.369. The van der Waals surface area contributed by atoms with Crippen molar-refractivity contribution in [1.29, 1.82) is 0 Å². The minimum absolute atomic E-state index is 0. The van der Waals surface area contributed by atoms with Crippen molar-refractivity contribution < 1.29 is 9.84 Å². The fraction of sp³-hybridized carbons (Fsp3) is 0.333. The zero-order valence-electron chi connectivity index (χ0n) is 8.00. The molecular formula is C9H13BrClNO2. The molecule has 0 atom stereocenters. The Kier molecular flexibility index (Phi) is 5.92. The molecule has 0 aliphatic rings. The first-order chi connectivity index (χ1) is 6.19. The van der Waals surface area contributed by atoms with Crippen LogP contribution in [0.3, 0.4) is 0 Å². The van der Waals surface area contributed by atoms with E-state index in [1.165, 1.54) is 7.11 Å². The Bertz CT molecular complexity index is 307. The molecule has 3 nitrogen and oxygen atoms in total. The average molecular weight is 283 g/mol. The molecule has 0 aliphatic carbocycles. The van der Waals surface area contributed by atoms with Crippen LogP contribution < -0.4 is 10.1 Å². The summed E-state index contributed by atoms with van der Waals surface area (Å²) in [5, 5.41) is 12.6. The normalized spacial score (nSPS) is 9.36. The zero-order chi connectivity index (χ0) is 9.84. The fourth-order valence-corrected chi connectivity index (χ4v) is 1.59. The van der Waals surface area contributed by atoms with Crippen molar-refractivity contribution in [2.24, 2.45) is 0 Å². The summed E-state index contributed by atoms with van der Waals surface area (Å²) in [6.07, 6.45) is 0. The number of methoxy groups -OCH3 is 1. The highest BCUT2D eigenvalue weighted by molar-refractivity contribution is 9.10. The first kappa shape index (κ1) is 13.5. The van der Waals surface area contributed by atoms with Crippen LogP contribution >= 0.6 is 28.3 Å². The van der Waals surface area contributed by atoms with Gasteiger partial charge in [0.05, 0.1) is 7.11 Å². The van der Waals surface area contributed by atoms with E-state index in [-0.39, 0.29) is 18.2 Å². The number of aromatic hydroxyl groups is 1. The van der Waals surface area contributed by atoms with Gasteiger partial charge in [0, 0.05) is 16.6 Å². The molecule has 2 N–H and O–H groups in total. The van der Waals surface area contributed by atoms with Crippen molar-refractivity contribution in [2.45, 2.75) is 6.54 Å². The second-order valence-electron chi connectivity index (χ2n) is 2.65. The molecule has 0 fully saturated rings. The first-order valence-electron chi connectivity index (χ1n) is 3.89. The highest BCUT2D eigenvalue weighted by atomic mass is 79.9. The molecule has 1 aromatic rings. The van der Waals surface area contributed by atoms with E-state index in [0.717, 1.165) is 10.0 Å². The van der Waals surface area contributed by atoms with Crippen molar-refractivity contribution >= 4 is 28.3 Å². The van der Waals surface area contributed by atoms with Gasteiger partial charge in [-0.2, -0.15) is 0 Å². The van der Waals surface area contributed by atoms with Crippen LogP contribution in [0.1, 0.15) is 5.56 Å². The van der Waals surface area contributed by atoms with Gasteiger partial charge in [-0.1, -0.05) is 15.9 Å². The van der Waals surface area contributed by atoms with Crippen molar-refractivity contribution in [2.75, 3.05) is 14.2 Å². The highest BCUT2D eigenvalue weighted by Crippen LogP contribution is 2.33. The van der Waals surface area contributed by atoms with Crippen LogP contribution in [0.5, 0.6) is 11.5 Å². The summed E-state index contributed by atoms with van der Waals surface area (Å²) in [5.41, 5.74) is 0.814. The molecule has 0 heterocycles. The van der Waals surface area contributed by atoms with Gasteiger partial charge in [0.15, 0.2) is 11.5 Å². The van der Waals surface area contributed by atoms with Crippen LogP contribution in [0.4, 0.5) is 0 Å². The van der Waals surface area contributed by atoms with Gasteiger partial charge in [-0.25, -0.2) is 0 Å². The summed E-state index contributed by atoms with van der Waals surface area (Å²) in [5.74, 6) is 0.680. The Morgan fingerprint density at radius 3 is 2.64 bits per heavy atom. The minimum atomic E-state index is 0. The van der Waals surface area contributed by atoms with E-state index >= 15 is 0 Å². The number of hydrogen-bond acceptors (Lipinski definition) is 3. The van der Waals surface area contributed by atoms with Crippen LogP contribution in [-0.2, 0) is 6.54 Å². The lowest BCUT2D eigenvalue weighted by Crippen LogP contribution is -2.05. The van der Waals surface area contributed by atoms with Gasteiger partial charge in [0.1, 0.15) is 0 Å². The van der Waals surface area contributed by atoms with E-state index in [2.05, 4.69) is 21.2 Å². The molecule has 0 saturated heterocycles. The maximum absolute atomic E-state index is 9.66. The zero-order valence-corrected chi connectivity index (χ0v) is 10.4. The number of ether oxygens (including phenoxy) is 1. The summed E-state index contributed by atoms with van der Waals surface area (Å²) in [7, 11) is 3.36. The largest absolute Gasteiger partial charge is 0.504 e. The predicted molar refractivity (Wildman–Crippen MR) is 62.4 cm³/mol. The molecule has 0 aromatic heterocycles. The van der Waals surface area contributed by atoms with Crippen LogP contribution in [0.2, 0.25) is 0 Å². The Morgan fingerprint density at radius 1 is 1.50 bits per heavy atom. The summed E-state index contributed by atoms with van der Waals surface area (Å²) < 4.78 is 5.90. The standard InChI is InChI=1S/C9H12BrNO2.ClH/c1-11-5-6-3-7(10)4-8(13-2)9(6)12;/h3-4,11-12H,5H2,1-2H3;1H. The van der Waals surface area contributed by atoms with Gasteiger partial charge in [0.2, 0.25) is 0 Å². The Labute approximate surface area is 98.0 Å². The number of nitrogens with one attached hydrogen (secondary N) is 1.